The molecule has 6 heteroatoms. The second-order valence-corrected chi connectivity index (χ2v) is 4.59. The Labute approximate surface area is 107 Å². The SMILES string of the molecule is N#CCc1cnc(C(F)F)c(I)c1I. The zero-order chi connectivity index (χ0) is 10.7. The second kappa shape index (κ2) is 5.16. The minimum absolute atomic E-state index is 0.199. The van der Waals surface area contributed by atoms with Crippen LogP contribution >= 0.6 is 45.2 Å². The number of rotatable bonds is 2. The first kappa shape index (κ1) is 12.0. The van der Waals surface area contributed by atoms with Gasteiger partial charge in [0.1, 0.15) is 5.69 Å². The maximum absolute atomic E-state index is 12.4. The van der Waals surface area contributed by atoms with E-state index in [1.165, 1.54) is 6.20 Å². The highest BCUT2D eigenvalue weighted by Crippen LogP contribution is 2.27. The van der Waals surface area contributed by atoms with Gasteiger partial charge >= 0.3 is 0 Å². The molecule has 0 aliphatic rings. The summed E-state index contributed by atoms with van der Waals surface area (Å²) in [5, 5.41) is 8.48. The van der Waals surface area contributed by atoms with E-state index in [2.05, 4.69) is 4.98 Å². The first-order valence-corrected chi connectivity index (χ1v) is 5.71. The first-order chi connectivity index (χ1) is 6.57. The molecule has 74 valence electrons. The quantitative estimate of drug-likeness (QED) is 0.690. The van der Waals surface area contributed by atoms with Crippen LogP contribution in [0.4, 0.5) is 8.78 Å². The lowest BCUT2D eigenvalue weighted by Crippen LogP contribution is -2.01. The molecule has 0 aromatic carbocycles. The summed E-state index contributed by atoms with van der Waals surface area (Å²) in [5.41, 5.74) is 0.485. The summed E-state index contributed by atoms with van der Waals surface area (Å²) in [7, 11) is 0. The van der Waals surface area contributed by atoms with Gasteiger partial charge in [0.25, 0.3) is 6.43 Å². The average Bonchev–Trinajstić information content (AvgIpc) is 2.13. The number of aromatic nitrogens is 1. The molecule has 1 aromatic rings. The minimum atomic E-state index is -2.56. The molecule has 2 nitrogen and oxygen atoms in total. The third-order valence-electron chi connectivity index (χ3n) is 1.54. The van der Waals surface area contributed by atoms with Gasteiger partial charge in [-0.2, -0.15) is 5.26 Å². The Morgan fingerprint density at radius 2 is 2.07 bits per heavy atom. The van der Waals surface area contributed by atoms with Crippen molar-refractivity contribution in [2.75, 3.05) is 0 Å². The van der Waals surface area contributed by atoms with Gasteiger partial charge in [-0.1, -0.05) is 0 Å². The van der Waals surface area contributed by atoms with Crippen LogP contribution in [-0.4, -0.2) is 4.98 Å². The fraction of sp³-hybridized carbons (Fsp3) is 0.250. The van der Waals surface area contributed by atoms with Crippen LogP contribution in [-0.2, 0) is 6.42 Å². The van der Waals surface area contributed by atoms with E-state index in [0.717, 1.165) is 0 Å². The fourth-order valence-corrected chi connectivity index (χ4v) is 2.20. The highest BCUT2D eigenvalue weighted by molar-refractivity contribution is 14.1. The molecule has 1 rings (SSSR count). The fourth-order valence-electron chi connectivity index (χ4n) is 0.875. The van der Waals surface area contributed by atoms with Gasteiger partial charge in [-0.25, -0.2) is 8.78 Å². The van der Waals surface area contributed by atoms with E-state index in [1.54, 1.807) is 0 Å². The second-order valence-electron chi connectivity index (χ2n) is 2.43. The smallest absolute Gasteiger partial charge is 0.254 e. The first-order valence-electron chi connectivity index (χ1n) is 3.55. The summed E-state index contributed by atoms with van der Waals surface area (Å²) in [4.78, 5) is 3.64. The van der Waals surface area contributed by atoms with E-state index in [0.29, 0.717) is 12.7 Å². The van der Waals surface area contributed by atoms with Crippen molar-refractivity contribution in [2.24, 2.45) is 0 Å². The van der Waals surface area contributed by atoms with Crippen molar-refractivity contribution in [3.8, 4) is 6.07 Å². The van der Waals surface area contributed by atoms with Crippen molar-refractivity contribution in [2.45, 2.75) is 12.8 Å². The molecular formula is C8H4F2I2N2. The largest absolute Gasteiger partial charge is 0.281 e. The van der Waals surface area contributed by atoms with Crippen LogP contribution in [0.25, 0.3) is 0 Å². The molecule has 0 radical (unpaired) electrons. The highest BCUT2D eigenvalue weighted by Gasteiger charge is 2.17. The maximum atomic E-state index is 12.4. The van der Waals surface area contributed by atoms with Gasteiger partial charge in [-0.3, -0.25) is 4.98 Å². The Morgan fingerprint density at radius 3 is 2.57 bits per heavy atom. The van der Waals surface area contributed by atoms with Crippen LogP contribution in [0.15, 0.2) is 6.20 Å². The molecule has 0 bridgehead atoms. The van der Waals surface area contributed by atoms with E-state index in [1.807, 2.05) is 51.3 Å². The summed E-state index contributed by atoms with van der Waals surface area (Å²) >= 11 is 3.78. The number of nitrogens with zero attached hydrogens (tertiary/aromatic N) is 2. The van der Waals surface area contributed by atoms with Crippen molar-refractivity contribution in [1.82, 2.24) is 4.98 Å². The van der Waals surface area contributed by atoms with Crippen molar-refractivity contribution in [1.29, 1.82) is 5.26 Å². The molecule has 0 aliphatic carbocycles. The summed E-state index contributed by atoms with van der Waals surface area (Å²) in [6.45, 7) is 0. The van der Waals surface area contributed by atoms with E-state index in [9.17, 15) is 8.78 Å². The molecule has 0 N–H and O–H groups in total. The Hall–Kier alpha value is -0.0400. The standard InChI is InChI=1S/C8H4F2I2N2/c9-8(10)7-6(12)5(11)4(1-2-13)3-14-7/h3,8H,1H2. The van der Waals surface area contributed by atoms with Crippen molar-refractivity contribution in [3.05, 3.63) is 24.6 Å². The van der Waals surface area contributed by atoms with Gasteiger partial charge in [0.2, 0.25) is 0 Å². The topological polar surface area (TPSA) is 36.7 Å². The number of hydrogen-bond donors (Lipinski definition) is 0. The molecule has 0 atom stereocenters. The number of alkyl halides is 2. The molecule has 0 saturated heterocycles. The van der Waals surface area contributed by atoms with Gasteiger partial charge in [0.15, 0.2) is 0 Å². The highest BCUT2D eigenvalue weighted by atomic mass is 127. The molecule has 0 spiro atoms. The molecule has 0 unspecified atom stereocenters. The molecule has 0 fully saturated rings. The van der Waals surface area contributed by atoms with Crippen LogP contribution in [0.2, 0.25) is 0 Å². The third kappa shape index (κ3) is 2.50. The van der Waals surface area contributed by atoms with Crippen molar-refractivity contribution < 1.29 is 8.78 Å². The maximum Gasteiger partial charge on any atom is 0.281 e. The zero-order valence-electron chi connectivity index (χ0n) is 6.77. The molecule has 1 aromatic heterocycles. The predicted octanol–water partition coefficient (Wildman–Crippen LogP) is 3.29. The number of pyridine rings is 1. The summed E-state index contributed by atoms with van der Waals surface area (Å²) < 4.78 is 25.9. The van der Waals surface area contributed by atoms with Crippen molar-refractivity contribution >= 4 is 45.2 Å². The van der Waals surface area contributed by atoms with Gasteiger partial charge in [0, 0.05) is 9.77 Å². The van der Waals surface area contributed by atoms with Gasteiger partial charge in [-0.05, 0) is 50.7 Å². The van der Waals surface area contributed by atoms with E-state index in [-0.39, 0.29) is 12.1 Å². The minimum Gasteiger partial charge on any atom is -0.254 e. The lowest BCUT2D eigenvalue weighted by molar-refractivity contribution is 0.145. The normalized spacial score (nSPS) is 10.3. The molecular weight excluding hydrogens is 416 g/mol. The Kier molecular flexibility index (Phi) is 4.43. The van der Waals surface area contributed by atoms with E-state index >= 15 is 0 Å². The van der Waals surface area contributed by atoms with E-state index < -0.39 is 6.43 Å². The molecule has 0 amide bonds. The molecule has 0 saturated carbocycles. The van der Waals surface area contributed by atoms with Crippen molar-refractivity contribution in [3.63, 3.8) is 0 Å². The van der Waals surface area contributed by atoms with Gasteiger partial charge in [-0.15, -0.1) is 0 Å². The zero-order valence-corrected chi connectivity index (χ0v) is 11.1. The van der Waals surface area contributed by atoms with Gasteiger partial charge < -0.3 is 0 Å². The average molecular weight is 420 g/mol. The summed E-state index contributed by atoms with van der Waals surface area (Å²) in [6, 6.07) is 1.97. The van der Waals surface area contributed by atoms with Crippen LogP contribution < -0.4 is 0 Å². The number of halogens is 4. The molecule has 0 aliphatic heterocycles. The number of nitriles is 1. The van der Waals surface area contributed by atoms with Gasteiger partial charge in [0.05, 0.1) is 16.1 Å². The third-order valence-corrected chi connectivity index (χ3v) is 4.89. The van der Waals surface area contributed by atoms with Crippen LogP contribution in [0, 0.1) is 18.5 Å². The number of hydrogen-bond acceptors (Lipinski definition) is 2. The Balaban J connectivity index is 3.20. The monoisotopic (exact) mass is 420 g/mol. The summed E-state index contributed by atoms with van der Waals surface area (Å²) in [6.07, 6.45) is -1.02. The Bertz CT molecular complexity index is 388. The van der Waals surface area contributed by atoms with E-state index in [4.69, 9.17) is 5.26 Å². The summed E-state index contributed by atoms with van der Waals surface area (Å²) in [5.74, 6) is 0. The van der Waals surface area contributed by atoms with Crippen LogP contribution in [0.5, 0.6) is 0 Å². The predicted molar refractivity (Wildman–Crippen MR) is 63.9 cm³/mol. The Morgan fingerprint density at radius 1 is 1.43 bits per heavy atom. The lowest BCUT2D eigenvalue weighted by Gasteiger charge is -2.07. The van der Waals surface area contributed by atoms with Crippen LogP contribution in [0.1, 0.15) is 17.7 Å². The molecule has 1 heterocycles. The lowest BCUT2D eigenvalue weighted by atomic mass is 10.2. The molecule has 14 heavy (non-hydrogen) atoms. The van der Waals surface area contributed by atoms with Crippen LogP contribution in [0.3, 0.4) is 0 Å².